The van der Waals surface area contributed by atoms with Crippen molar-refractivity contribution < 1.29 is 14.3 Å². The highest BCUT2D eigenvalue weighted by Crippen LogP contribution is 2.15. The van der Waals surface area contributed by atoms with Crippen LogP contribution in [0, 0.1) is 5.82 Å². The molecule has 0 amide bonds. The maximum absolute atomic E-state index is 13.0. The lowest BCUT2D eigenvalue weighted by atomic mass is 10.2. The molecule has 1 aromatic rings. The molecule has 0 saturated heterocycles. The molecule has 74 valence electrons. The van der Waals surface area contributed by atoms with E-state index in [1.54, 1.807) is 0 Å². The molecule has 0 spiro atoms. The van der Waals surface area contributed by atoms with Gasteiger partial charge < -0.3 is 16.2 Å². The molecule has 4 nitrogen and oxygen atoms in total. The van der Waals surface area contributed by atoms with Crippen molar-refractivity contribution in [3.8, 4) is 0 Å². The minimum Gasteiger partial charge on any atom is -0.478 e. The Morgan fingerprint density at radius 2 is 2.21 bits per heavy atom. The monoisotopic (exact) mass is 214 g/mol. The first-order valence-corrected chi connectivity index (χ1v) is 4.01. The molecule has 0 fully saturated rings. The summed E-state index contributed by atoms with van der Waals surface area (Å²) in [5.74, 6) is -1.75. The van der Waals surface area contributed by atoms with Crippen molar-refractivity contribution in [1.82, 2.24) is 0 Å². The van der Waals surface area contributed by atoms with Crippen molar-refractivity contribution in [1.29, 1.82) is 0 Å². The lowest BCUT2D eigenvalue weighted by molar-refractivity contribution is 0.0697. The van der Waals surface area contributed by atoms with Gasteiger partial charge in [-0.2, -0.15) is 0 Å². The Kier molecular flexibility index (Phi) is 2.98. The number of hydrogen-bond acceptors (Lipinski definition) is 2. The summed E-state index contributed by atoms with van der Waals surface area (Å²) in [6.45, 7) is 0. The highest BCUT2D eigenvalue weighted by molar-refractivity contribution is 7.80. The van der Waals surface area contributed by atoms with Crippen LogP contribution in [-0.2, 0) is 0 Å². The minimum atomic E-state index is -1.14. The first-order valence-electron chi connectivity index (χ1n) is 3.60. The van der Waals surface area contributed by atoms with E-state index in [2.05, 4.69) is 17.5 Å². The second kappa shape index (κ2) is 4.01. The van der Waals surface area contributed by atoms with Crippen molar-refractivity contribution in [3.63, 3.8) is 0 Å². The molecular weight excluding hydrogens is 207 g/mol. The van der Waals surface area contributed by atoms with Crippen molar-refractivity contribution in [2.75, 3.05) is 5.32 Å². The van der Waals surface area contributed by atoms with E-state index in [1.807, 2.05) is 0 Å². The van der Waals surface area contributed by atoms with Gasteiger partial charge in [-0.3, -0.25) is 0 Å². The molecule has 0 unspecified atom stereocenters. The maximum atomic E-state index is 13.0. The zero-order valence-electron chi connectivity index (χ0n) is 6.95. The van der Waals surface area contributed by atoms with E-state index in [-0.39, 0.29) is 16.4 Å². The van der Waals surface area contributed by atoms with Gasteiger partial charge in [0.1, 0.15) is 5.82 Å². The fraction of sp³-hybridized carbons (Fsp3) is 0. The quantitative estimate of drug-likeness (QED) is 0.644. The van der Waals surface area contributed by atoms with Crippen molar-refractivity contribution in [2.24, 2.45) is 5.73 Å². The Bertz CT molecular complexity index is 395. The Hall–Kier alpha value is -1.69. The fourth-order valence-corrected chi connectivity index (χ4v) is 0.997. The third-order valence-corrected chi connectivity index (χ3v) is 1.57. The summed E-state index contributed by atoms with van der Waals surface area (Å²) in [6, 6.07) is 3.31. The first-order chi connectivity index (χ1) is 6.50. The first kappa shape index (κ1) is 10.4. The molecule has 0 bridgehead atoms. The summed E-state index contributed by atoms with van der Waals surface area (Å²) in [6.07, 6.45) is 0. The highest BCUT2D eigenvalue weighted by Gasteiger charge is 2.08. The van der Waals surface area contributed by atoms with Gasteiger partial charge in [0.05, 0.1) is 11.3 Å². The molecule has 0 saturated carbocycles. The fourth-order valence-electron chi connectivity index (χ4n) is 0.887. The number of halogens is 1. The number of carboxylic acids is 1. The van der Waals surface area contributed by atoms with Crippen LogP contribution in [0.15, 0.2) is 18.2 Å². The largest absolute Gasteiger partial charge is 0.478 e. The maximum Gasteiger partial charge on any atom is 0.335 e. The van der Waals surface area contributed by atoms with Gasteiger partial charge in [-0.05, 0) is 30.4 Å². The molecule has 0 atom stereocenters. The average molecular weight is 214 g/mol. The van der Waals surface area contributed by atoms with Crippen molar-refractivity contribution >= 4 is 29.0 Å². The molecule has 6 heteroatoms. The number of rotatable bonds is 2. The normalized spacial score (nSPS) is 9.50. The number of carbonyl (C=O) groups is 1. The lowest BCUT2D eigenvalue weighted by Crippen LogP contribution is -2.20. The number of carboxylic acid groups (broad SMARTS) is 1. The van der Waals surface area contributed by atoms with Crippen LogP contribution in [0.3, 0.4) is 0 Å². The van der Waals surface area contributed by atoms with Crippen LogP contribution in [0.5, 0.6) is 0 Å². The van der Waals surface area contributed by atoms with Crippen LogP contribution in [0.4, 0.5) is 10.1 Å². The number of anilines is 1. The average Bonchev–Trinajstić information content (AvgIpc) is 2.07. The van der Waals surface area contributed by atoms with Crippen molar-refractivity contribution in [2.45, 2.75) is 0 Å². The van der Waals surface area contributed by atoms with Gasteiger partial charge in [0.15, 0.2) is 5.11 Å². The topological polar surface area (TPSA) is 75.3 Å². The van der Waals surface area contributed by atoms with E-state index < -0.39 is 11.8 Å². The number of thiocarbonyl (C=S) groups is 1. The van der Waals surface area contributed by atoms with Gasteiger partial charge in [-0.15, -0.1) is 0 Å². The van der Waals surface area contributed by atoms with Crippen LogP contribution in [0.2, 0.25) is 0 Å². The second-order valence-corrected chi connectivity index (χ2v) is 2.93. The Morgan fingerprint density at radius 1 is 1.57 bits per heavy atom. The van der Waals surface area contributed by atoms with Gasteiger partial charge >= 0.3 is 5.97 Å². The molecule has 0 aromatic heterocycles. The SMILES string of the molecule is NC(=S)Nc1cc(C(=O)O)ccc1F. The molecule has 0 aliphatic rings. The number of aromatic carboxylic acids is 1. The Labute approximate surface area is 84.5 Å². The number of nitrogens with two attached hydrogens (primary N) is 1. The minimum absolute atomic E-state index is 0.0369. The van der Waals surface area contributed by atoms with E-state index in [1.165, 1.54) is 0 Å². The third-order valence-electron chi connectivity index (χ3n) is 1.47. The van der Waals surface area contributed by atoms with E-state index in [4.69, 9.17) is 10.8 Å². The molecule has 14 heavy (non-hydrogen) atoms. The standard InChI is InChI=1S/C8H7FN2O2S/c9-5-2-1-4(7(12)13)3-6(5)11-8(10)14/h1-3H,(H,12,13)(H3,10,11,14). The highest BCUT2D eigenvalue weighted by atomic mass is 32.1. The summed E-state index contributed by atoms with van der Waals surface area (Å²) in [5.41, 5.74) is 5.04. The third kappa shape index (κ3) is 2.40. The van der Waals surface area contributed by atoms with Gasteiger partial charge in [0, 0.05) is 0 Å². The summed E-state index contributed by atoms with van der Waals surface area (Å²) >= 11 is 4.50. The summed E-state index contributed by atoms with van der Waals surface area (Å²) < 4.78 is 13.0. The second-order valence-electron chi connectivity index (χ2n) is 2.49. The number of nitrogens with one attached hydrogen (secondary N) is 1. The summed E-state index contributed by atoms with van der Waals surface area (Å²) in [5, 5.41) is 10.8. The molecule has 0 heterocycles. The van der Waals surface area contributed by atoms with Crippen LogP contribution in [0.1, 0.15) is 10.4 Å². The lowest BCUT2D eigenvalue weighted by Gasteiger charge is -2.05. The summed E-state index contributed by atoms with van der Waals surface area (Å²) in [4.78, 5) is 10.5. The Balaban J connectivity index is 3.08. The zero-order chi connectivity index (χ0) is 10.7. The predicted molar refractivity (Wildman–Crippen MR) is 53.8 cm³/mol. The van der Waals surface area contributed by atoms with E-state index in [0.717, 1.165) is 18.2 Å². The molecular formula is C8H7FN2O2S. The predicted octanol–water partition coefficient (Wildman–Crippen LogP) is 1.18. The Morgan fingerprint density at radius 3 is 2.71 bits per heavy atom. The number of benzene rings is 1. The van der Waals surface area contributed by atoms with Crippen LogP contribution in [0.25, 0.3) is 0 Å². The summed E-state index contributed by atoms with van der Waals surface area (Å²) in [7, 11) is 0. The van der Waals surface area contributed by atoms with Crippen LogP contribution < -0.4 is 11.1 Å². The molecule has 1 rings (SSSR count). The van der Waals surface area contributed by atoms with E-state index in [0.29, 0.717) is 0 Å². The van der Waals surface area contributed by atoms with Gasteiger partial charge in [0.2, 0.25) is 0 Å². The molecule has 4 N–H and O–H groups in total. The van der Waals surface area contributed by atoms with E-state index in [9.17, 15) is 9.18 Å². The van der Waals surface area contributed by atoms with Crippen molar-refractivity contribution in [3.05, 3.63) is 29.6 Å². The molecule has 0 aliphatic heterocycles. The van der Waals surface area contributed by atoms with Gasteiger partial charge in [-0.25, -0.2) is 9.18 Å². The van der Waals surface area contributed by atoms with Gasteiger partial charge in [0.25, 0.3) is 0 Å². The number of hydrogen-bond donors (Lipinski definition) is 3. The molecule has 0 aliphatic carbocycles. The van der Waals surface area contributed by atoms with Crippen LogP contribution >= 0.6 is 12.2 Å². The van der Waals surface area contributed by atoms with Gasteiger partial charge in [-0.1, -0.05) is 0 Å². The van der Waals surface area contributed by atoms with E-state index >= 15 is 0 Å². The molecule has 1 aromatic carbocycles. The zero-order valence-corrected chi connectivity index (χ0v) is 7.77. The smallest absolute Gasteiger partial charge is 0.335 e. The molecule has 0 radical (unpaired) electrons. The van der Waals surface area contributed by atoms with Crippen LogP contribution in [-0.4, -0.2) is 16.2 Å².